The molecule has 2 aliphatic heterocycles. The number of ether oxygens (including phenoxy) is 1. The molecule has 1 aliphatic carbocycles. The predicted octanol–water partition coefficient (Wildman–Crippen LogP) is 3.90. The van der Waals surface area contributed by atoms with E-state index < -0.39 is 23.4 Å². The van der Waals surface area contributed by atoms with Crippen molar-refractivity contribution < 1.29 is 27.1 Å². The molecule has 3 aliphatic rings. The summed E-state index contributed by atoms with van der Waals surface area (Å²) in [6.07, 6.45) is 1.58. The molecule has 2 saturated heterocycles. The second-order valence-electron chi connectivity index (χ2n) is 9.55. The van der Waals surface area contributed by atoms with Crippen LogP contribution >= 0.6 is 0 Å². The number of alkyl halides is 3. The standard InChI is InChI=1S/C24H31F3N4O3/c1-2-30-9-7-15(8-10-30)13-31-14-16-5-6-18-19(21(16)29-31)20(24(25,26)27)22(34-18)23(32)28-12-17-4-3-11-33-17/h14-15,17H,2-13H2,1H3,(H,28,32)/t17-/m0/s1. The molecule has 34 heavy (non-hydrogen) atoms. The van der Waals surface area contributed by atoms with E-state index in [1.807, 2.05) is 6.20 Å². The lowest BCUT2D eigenvalue weighted by Gasteiger charge is -2.30. The maximum Gasteiger partial charge on any atom is 0.420 e. The lowest BCUT2D eigenvalue weighted by atomic mass is 9.93. The molecule has 0 radical (unpaired) electrons. The van der Waals surface area contributed by atoms with Gasteiger partial charge >= 0.3 is 6.18 Å². The first-order valence-corrected chi connectivity index (χ1v) is 12.2. The number of aryl methyl sites for hydroxylation is 2. The van der Waals surface area contributed by atoms with Crippen LogP contribution < -0.4 is 5.32 Å². The summed E-state index contributed by atoms with van der Waals surface area (Å²) in [5.41, 5.74) is -0.0250. The minimum Gasteiger partial charge on any atom is -0.455 e. The highest BCUT2D eigenvalue weighted by atomic mass is 19.4. The quantitative estimate of drug-likeness (QED) is 0.679. The van der Waals surface area contributed by atoms with Crippen molar-refractivity contribution in [3.63, 3.8) is 0 Å². The Morgan fingerprint density at radius 3 is 2.71 bits per heavy atom. The number of amides is 1. The number of hydrogen-bond acceptors (Lipinski definition) is 5. The van der Waals surface area contributed by atoms with Crippen LogP contribution in [0.2, 0.25) is 0 Å². The largest absolute Gasteiger partial charge is 0.455 e. The molecule has 2 aromatic rings. The first-order valence-electron chi connectivity index (χ1n) is 12.2. The average Bonchev–Trinajstić information content (AvgIpc) is 3.54. The Morgan fingerprint density at radius 1 is 1.24 bits per heavy atom. The molecule has 4 heterocycles. The van der Waals surface area contributed by atoms with Gasteiger partial charge < -0.3 is 19.4 Å². The molecular weight excluding hydrogens is 449 g/mol. The minimum atomic E-state index is -4.74. The monoisotopic (exact) mass is 480 g/mol. The summed E-state index contributed by atoms with van der Waals surface area (Å²) in [6, 6.07) is 0. The van der Waals surface area contributed by atoms with Crippen LogP contribution in [0.1, 0.15) is 60.0 Å². The lowest BCUT2D eigenvalue weighted by Crippen LogP contribution is -2.34. The molecule has 2 aromatic heterocycles. The summed E-state index contributed by atoms with van der Waals surface area (Å²) in [5, 5.41) is 7.14. The van der Waals surface area contributed by atoms with Gasteiger partial charge in [-0.05, 0) is 63.2 Å². The average molecular weight is 481 g/mol. The number of rotatable bonds is 6. The Morgan fingerprint density at radius 2 is 2.03 bits per heavy atom. The van der Waals surface area contributed by atoms with E-state index in [1.54, 1.807) is 4.68 Å². The summed E-state index contributed by atoms with van der Waals surface area (Å²) < 4.78 is 55.4. The Kier molecular flexibility index (Phi) is 6.45. The highest BCUT2D eigenvalue weighted by molar-refractivity contribution is 5.96. The summed E-state index contributed by atoms with van der Waals surface area (Å²) in [4.78, 5) is 15.1. The number of nitrogens with zero attached hydrogens (tertiary/aromatic N) is 3. The fraction of sp³-hybridized carbons (Fsp3) is 0.667. The number of nitrogens with one attached hydrogen (secondary N) is 1. The highest BCUT2D eigenvalue weighted by Crippen LogP contribution is 2.46. The van der Waals surface area contributed by atoms with Gasteiger partial charge in [-0.2, -0.15) is 18.3 Å². The normalized spacial score (nSPS) is 21.5. The molecule has 2 fully saturated rings. The summed E-state index contributed by atoms with van der Waals surface area (Å²) in [7, 11) is 0. The van der Waals surface area contributed by atoms with Gasteiger partial charge in [0, 0.05) is 32.3 Å². The molecule has 10 heteroatoms. The molecule has 0 spiro atoms. The topological polar surface area (TPSA) is 72.5 Å². The van der Waals surface area contributed by atoms with Gasteiger partial charge in [0.2, 0.25) is 5.76 Å². The van der Waals surface area contributed by atoms with Crippen LogP contribution in [-0.2, 0) is 30.3 Å². The van der Waals surface area contributed by atoms with Crippen molar-refractivity contribution in [2.45, 2.75) is 64.3 Å². The Hall–Kier alpha value is -2.33. The van der Waals surface area contributed by atoms with E-state index in [2.05, 4.69) is 22.2 Å². The van der Waals surface area contributed by atoms with Gasteiger partial charge in [-0.1, -0.05) is 6.92 Å². The number of carbonyl (C=O) groups is 1. The summed E-state index contributed by atoms with van der Waals surface area (Å²) >= 11 is 0. The summed E-state index contributed by atoms with van der Waals surface area (Å²) in [5.74, 6) is -0.900. The maximum atomic E-state index is 14.2. The van der Waals surface area contributed by atoms with Gasteiger partial charge in [-0.15, -0.1) is 0 Å². The van der Waals surface area contributed by atoms with Crippen LogP contribution in [0.5, 0.6) is 0 Å². The van der Waals surface area contributed by atoms with Gasteiger partial charge in [0.25, 0.3) is 5.91 Å². The molecule has 1 atom stereocenters. The van der Waals surface area contributed by atoms with Crippen LogP contribution in [0.25, 0.3) is 11.3 Å². The van der Waals surface area contributed by atoms with Gasteiger partial charge in [0.15, 0.2) is 0 Å². The third-order valence-corrected chi connectivity index (χ3v) is 7.28. The van der Waals surface area contributed by atoms with Crippen molar-refractivity contribution in [1.29, 1.82) is 0 Å². The van der Waals surface area contributed by atoms with Gasteiger partial charge in [-0.3, -0.25) is 9.48 Å². The van der Waals surface area contributed by atoms with E-state index in [0.717, 1.165) is 50.9 Å². The molecule has 7 nitrogen and oxygen atoms in total. The number of fused-ring (bicyclic) bond motifs is 3. The third-order valence-electron chi connectivity index (χ3n) is 7.28. The van der Waals surface area contributed by atoms with Gasteiger partial charge in [-0.25, -0.2) is 0 Å². The van der Waals surface area contributed by atoms with Gasteiger partial charge in [0.1, 0.15) is 11.3 Å². The molecule has 1 N–H and O–H groups in total. The van der Waals surface area contributed by atoms with Crippen LogP contribution in [-0.4, -0.2) is 59.5 Å². The fourth-order valence-corrected chi connectivity index (χ4v) is 5.37. The number of aromatic nitrogens is 2. The van der Waals surface area contributed by atoms with Crippen LogP contribution in [0.4, 0.5) is 13.2 Å². The molecule has 0 saturated carbocycles. The maximum absolute atomic E-state index is 14.2. The van der Waals surface area contributed by atoms with Gasteiger partial charge in [0.05, 0.1) is 17.4 Å². The zero-order chi connectivity index (χ0) is 23.9. The van der Waals surface area contributed by atoms with Crippen molar-refractivity contribution in [2.75, 3.05) is 32.8 Å². The summed E-state index contributed by atoms with van der Waals surface area (Å²) in [6.45, 7) is 6.72. The minimum absolute atomic E-state index is 0.0735. The van der Waals surface area contributed by atoms with E-state index in [4.69, 9.17) is 9.15 Å². The number of halogens is 3. The number of likely N-dealkylation sites (tertiary alicyclic amines) is 1. The van der Waals surface area contributed by atoms with Crippen LogP contribution in [0.15, 0.2) is 10.6 Å². The predicted molar refractivity (Wildman–Crippen MR) is 118 cm³/mol. The third kappa shape index (κ3) is 4.62. The SMILES string of the molecule is CCN1CCC(Cn2cc3c(n2)-c2c(oc(C(=O)NC[C@@H]4CCCO4)c2C(F)(F)F)CC3)CC1. The van der Waals surface area contributed by atoms with Crippen molar-refractivity contribution in [3.8, 4) is 11.3 Å². The van der Waals surface area contributed by atoms with Crippen molar-refractivity contribution in [2.24, 2.45) is 5.92 Å². The number of hydrogen-bond donors (Lipinski definition) is 1. The van der Waals surface area contributed by atoms with E-state index in [1.165, 1.54) is 0 Å². The Balaban J connectivity index is 1.40. The van der Waals surface area contributed by atoms with Crippen molar-refractivity contribution in [3.05, 3.63) is 28.8 Å². The van der Waals surface area contributed by atoms with Crippen LogP contribution in [0.3, 0.4) is 0 Å². The first-order chi connectivity index (χ1) is 16.3. The van der Waals surface area contributed by atoms with E-state index in [-0.39, 0.29) is 24.0 Å². The van der Waals surface area contributed by atoms with Crippen molar-refractivity contribution in [1.82, 2.24) is 20.0 Å². The lowest BCUT2D eigenvalue weighted by molar-refractivity contribution is -0.137. The Bertz CT molecular complexity index is 1030. The molecule has 1 amide bonds. The van der Waals surface area contributed by atoms with E-state index >= 15 is 0 Å². The first kappa shape index (κ1) is 23.4. The highest BCUT2D eigenvalue weighted by Gasteiger charge is 2.45. The number of carbonyl (C=O) groups excluding carboxylic acids is 1. The number of piperidine rings is 1. The fourth-order valence-electron chi connectivity index (χ4n) is 5.37. The van der Waals surface area contributed by atoms with Crippen LogP contribution in [0, 0.1) is 5.92 Å². The van der Waals surface area contributed by atoms with E-state index in [0.29, 0.717) is 37.6 Å². The Labute approximate surface area is 196 Å². The molecule has 5 rings (SSSR count). The zero-order valence-electron chi connectivity index (χ0n) is 19.4. The molecule has 0 bridgehead atoms. The number of furan rings is 1. The molecule has 0 aromatic carbocycles. The smallest absolute Gasteiger partial charge is 0.420 e. The molecule has 186 valence electrons. The zero-order valence-corrected chi connectivity index (χ0v) is 19.4. The second-order valence-corrected chi connectivity index (χ2v) is 9.55. The molecule has 0 unspecified atom stereocenters. The van der Waals surface area contributed by atoms with Crippen molar-refractivity contribution >= 4 is 5.91 Å². The second kappa shape index (κ2) is 9.37. The van der Waals surface area contributed by atoms with E-state index in [9.17, 15) is 18.0 Å². The molecular formula is C24H31F3N4O3.